The molecule has 1 fully saturated rings. The Morgan fingerprint density at radius 3 is 2.64 bits per heavy atom. The van der Waals surface area contributed by atoms with Crippen LogP contribution in [-0.4, -0.2) is 11.8 Å². The summed E-state index contributed by atoms with van der Waals surface area (Å²) in [6.45, 7) is 0.290. The van der Waals surface area contributed by atoms with E-state index < -0.39 is 5.82 Å². The molecule has 3 rings (SSSR count). The standard InChI is InChI=1S/C19H18ClFN2O2/c20-16-5-2-6-17(21)15(16)10-18(24)22-11-12-3-1-4-14(9-12)23-19(25)13-7-8-13/h1-6,9,13H,7-8,10-11H2,(H,22,24)(H,23,25). The van der Waals surface area contributed by atoms with Crippen molar-refractivity contribution in [3.63, 3.8) is 0 Å². The maximum atomic E-state index is 13.7. The van der Waals surface area contributed by atoms with E-state index in [1.807, 2.05) is 24.3 Å². The van der Waals surface area contributed by atoms with Gasteiger partial charge in [-0.1, -0.05) is 29.8 Å². The van der Waals surface area contributed by atoms with Gasteiger partial charge in [0.2, 0.25) is 11.8 Å². The number of hydrogen-bond donors (Lipinski definition) is 2. The minimum Gasteiger partial charge on any atom is -0.352 e. The summed E-state index contributed by atoms with van der Waals surface area (Å²) in [4.78, 5) is 23.8. The number of anilines is 1. The molecule has 0 atom stereocenters. The summed E-state index contributed by atoms with van der Waals surface area (Å²) in [5, 5.41) is 5.84. The minimum absolute atomic E-state index is 0.0374. The molecule has 0 aromatic heterocycles. The van der Waals surface area contributed by atoms with Gasteiger partial charge in [0.15, 0.2) is 0 Å². The summed E-state index contributed by atoms with van der Waals surface area (Å²) in [6, 6.07) is 11.6. The van der Waals surface area contributed by atoms with E-state index in [-0.39, 0.29) is 41.3 Å². The highest BCUT2D eigenvalue weighted by Gasteiger charge is 2.29. The zero-order valence-corrected chi connectivity index (χ0v) is 14.3. The van der Waals surface area contributed by atoms with Crippen LogP contribution in [0.1, 0.15) is 24.0 Å². The Labute approximate surface area is 150 Å². The molecule has 2 N–H and O–H groups in total. The molecule has 2 aromatic carbocycles. The first-order valence-electron chi connectivity index (χ1n) is 8.12. The molecule has 4 nitrogen and oxygen atoms in total. The molecule has 2 aromatic rings. The van der Waals surface area contributed by atoms with Gasteiger partial charge in [0.05, 0.1) is 6.42 Å². The third-order valence-electron chi connectivity index (χ3n) is 4.03. The smallest absolute Gasteiger partial charge is 0.227 e. The summed E-state index contributed by atoms with van der Waals surface area (Å²) in [5.74, 6) is -0.642. The highest BCUT2D eigenvalue weighted by atomic mass is 35.5. The number of rotatable bonds is 6. The van der Waals surface area contributed by atoms with Crippen molar-refractivity contribution in [2.45, 2.75) is 25.8 Å². The lowest BCUT2D eigenvalue weighted by Gasteiger charge is -2.09. The van der Waals surface area contributed by atoms with E-state index in [4.69, 9.17) is 11.6 Å². The molecule has 0 unspecified atom stereocenters. The molecule has 0 heterocycles. The highest BCUT2D eigenvalue weighted by molar-refractivity contribution is 6.31. The summed E-state index contributed by atoms with van der Waals surface area (Å²) in [6.07, 6.45) is 1.77. The van der Waals surface area contributed by atoms with Crippen LogP contribution >= 0.6 is 11.6 Å². The molecule has 0 aliphatic heterocycles. The van der Waals surface area contributed by atoms with Gasteiger partial charge in [-0.05, 0) is 42.7 Å². The number of halogens is 2. The molecule has 130 valence electrons. The topological polar surface area (TPSA) is 58.2 Å². The normalized spacial score (nSPS) is 13.4. The first-order chi connectivity index (χ1) is 12.0. The van der Waals surface area contributed by atoms with Crippen LogP contribution in [0.3, 0.4) is 0 Å². The number of carbonyl (C=O) groups is 2. The fourth-order valence-corrected chi connectivity index (χ4v) is 2.70. The van der Waals surface area contributed by atoms with E-state index in [0.29, 0.717) is 5.69 Å². The average Bonchev–Trinajstić information content (AvgIpc) is 3.42. The summed E-state index contributed by atoms with van der Waals surface area (Å²) in [7, 11) is 0. The van der Waals surface area contributed by atoms with Gasteiger partial charge in [0.1, 0.15) is 5.82 Å². The summed E-state index contributed by atoms with van der Waals surface area (Å²) in [5.41, 5.74) is 1.74. The van der Waals surface area contributed by atoms with Crippen LogP contribution in [0.5, 0.6) is 0 Å². The Bertz CT molecular complexity index is 786. The van der Waals surface area contributed by atoms with Crippen molar-refractivity contribution in [1.29, 1.82) is 0 Å². The SMILES string of the molecule is O=C(Cc1c(F)cccc1Cl)NCc1cccc(NC(=O)C2CC2)c1. The van der Waals surface area contributed by atoms with Crippen LogP contribution < -0.4 is 10.6 Å². The first kappa shape index (κ1) is 17.4. The predicted molar refractivity (Wildman–Crippen MR) is 94.8 cm³/mol. The second-order valence-electron chi connectivity index (χ2n) is 6.12. The molecule has 1 aliphatic rings. The fraction of sp³-hybridized carbons (Fsp3) is 0.263. The third kappa shape index (κ3) is 4.79. The van der Waals surface area contributed by atoms with Crippen LogP contribution in [0.25, 0.3) is 0 Å². The number of hydrogen-bond acceptors (Lipinski definition) is 2. The van der Waals surface area contributed by atoms with Crippen LogP contribution in [0.2, 0.25) is 5.02 Å². The number of nitrogens with one attached hydrogen (secondary N) is 2. The largest absolute Gasteiger partial charge is 0.352 e. The van der Waals surface area contributed by atoms with Crippen molar-refractivity contribution in [2.75, 3.05) is 5.32 Å². The van der Waals surface area contributed by atoms with Gasteiger partial charge in [0, 0.05) is 28.7 Å². The van der Waals surface area contributed by atoms with E-state index >= 15 is 0 Å². The average molecular weight is 361 g/mol. The van der Waals surface area contributed by atoms with Crippen molar-refractivity contribution in [3.05, 3.63) is 64.4 Å². The Morgan fingerprint density at radius 1 is 1.16 bits per heavy atom. The van der Waals surface area contributed by atoms with Gasteiger partial charge in [-0.25, -0.2) is 4.39 Å². The molecule has 2 amide bonds. The summed E-state index contributed by atoms with van der Waals surface area (Å²) >= 11 is 5.93. The molecule has 1 aliphatic carbocycles. The maximum Gasteiger partial charge on any atom is 0.227 e. The zero-order chi connectivity index (χ0) is 17.8. The van der Waals surface area contributed by atoms with E-state index in [2.05, 4.69) is 10.6 Å². The van der Waals surface area contributed by atoms with E-state index in [0.717, 1.165) is 18.4 Å². The second-order valence-corrected chi connectivity index (χ2v) is 6.52. The van der Waals surface area contributed by atoms with Gasteiger partial charge in [-0.15, -0.1) is 0 Å². The Balaban J connectivity index is 1.56. The molecule has 25 heavy (non-hydrogen) atoms. The Hall–Kier alpha value is -2.40. The number of benzene rings is 2. The van der Waals surface area contributed by atoms with Crippen molar-refractivity contribution in [2.24, 2.45) is 5.92 Å². The molecule has 0 saturated heterocycles. The van der Waals surface area contributed by atoms with Crippen molar-refractivity contribution >= 4 is 29.1 Å². The molecular weight excluding hydrogens is 343 g/mol. The minimum atomic E-state index is -0.493. The zero-order valence-electron chi connectivity index (χ0n) is 13.5. The van der Waals surface area contributed by atoms with Crippen LogP contribution in [-0.2, 0) is 22.6 Å². The fourth-order valence-electron chi connectivity index (χ4n) is 2.47. The Morgan fingerprint density at radius 2 is 1.92 bits per heavy atom. The van der Waals surface area contributed by atoms with Crippen LogP contribution in [0, 0.1) is 11.7 Å². The van der Waals surface area contributed by atoms with Gasteiger partial charge >= 0.3 is 0 Å². The van der Waals surface area contributed by atoms with Crippen molar-refractivity contribution in [1.82, 2.24) is 5.32 Å². The number of amides is 2. The van der Waals surface area contributed by atoms with Gasteiger partial charge in [-0.2, -0.15) is 0 Å². The molecule has 1 saturated carbocycles. The second kappa shape index (κ2) is 7.66. The highest BCUT2D eigenvalue weighted by Crippen LogP contribution is 2.30. The first-order valence-corrected chi connectivity index (χ1v) is 8.50. The lowest BCUT2D eigenvalue weighted by atomic mass is 10.1. The van der Waals surface area contributed by atoms with E-state index in [1.165, 1.54) is 12.1 Å². The third-order valence-corrected chi connectivity index (χ3v) is 4.39. The van der Waals surface area contributed by atoms with Gasteiger partial charge in [-0.3, -0.25) is 9.59 Å². The molecule has 0 bridgehead atoms. The predicted octanol–water partition coefficient (Wildman–Crippen LogP) is 3.69. The molecule has 0 radical (unpaired) electrons. The quantitative estimate of drug-likeness (QED) is 0.825. The molecule has 0 spiro atoms. The van der Waals surface area contributed by atoms with Gasteiger partial charge < -0.3 is 10.6 Å². The van der Waals surface area contributed by atoms with E-state index in [1.54, 1.807) is 6.07 Å². The molecular formula is C19H18ClFN2O2. The lowest BCUT2D eigenvalue weighted by Crippen LogP contribution is -2.25. The van der Waals surface area contributed by atoms with Crippen molar-refractivity contribution in [3.8, 4) is 0 Å². The van der Waals surface area contributed by atoms with Crippen molar-refractivity contribution < 1.29 is 14.0 Å². The van der Waals surface area contributed by atoms with Crippen LogP contribution in [0.15, 0.2) is 42.5 Å². The van der Waals surface area contributed by atoms with E-state index in [9.17, 15) is 14.0 Å². The molecule has 6 heteroatoms. The number of carbonyl (C=O) groups excluding carboxylic acids is 2. The Kier molecular flexibility index (Phi) is 5.34. The van der Waals surface area contributed by atoms with Crippen LogP contribution in [0.4, 0.5) is 10.1 Å². The van der Waals surface area contributed by atoms with Gasteiger partial charge in [0.25, 0.3) is 0 Å². The summed E-state index contributed by atoms with van der Waals surface area (Å²) < 4.78 is 13.7. The maximum absolute atomic E-state index is 13.7. The lowest BCUT2D eigenvalue weighted by molar-refractivity contribution is -0.120. The monoisotopic (exact) mass is 360 g/mol.